The summed E-state index contributed by atoms with van der Waals surface area (Å²) in [4.78, 5) is 61.5. The van der Waals surface area contributed by atoms with Gasteiger partial charge in [-0.05, 0) is 11.6 Å². The van der Waals surface area contributed by atoms with Crippen LogP contribution in [0.2, 0.25) is 10.0 Å². The molecular formula is C29H22Cl2N7O10S3+. The molecule has 0 bridgehead atoms. The smallest absolute Gasteiger partial charge is 0.503 e. The number of benzene rings is 1. The van der Waals surface area contributed by atoms with Gasteiger partial charge in [-0.25, -0.2) is 9.78 Å². The predicted molar refractivity (Wildman–Crippen MR) is 184 cm³/mol. The fourth-order valence-electron chi connectivity index (χ4n) is 4.87. The molecule has 2 aliphatic rings. The van der Waals surface area contributed by atoms with E-state index in [4.69, 9.17) is 43.4 Å². The average molecular weight is 796 g/mol. The Hall–Kier alpha value is -5.02. The van der Waals surface area contributed by atoms with Crippen LogP contribution in [0.3, 0.4) is 0 Å². The van der Waals surface area contributed by atoms with E-state index in [2.05, 4.69) is 20.6 Å². The van der Waals surface area contributed by atoms with Crippen LogP contribution in [0.1, 0.15) is 11.5 Å². The Labute approximate surface area is 308 Å². The third kappa shape index (κ3) is 7.26. The highest BCUT2D eigenvalue weighted by Crippen LogP contribution is 2.45. The van der Waals surface area contributed by atoms with Gasteiger partial charge in [0.1, 0.15) is 28.5 Å². The van der Waals surface area contributed by atoms with Crippen molar-refractivity contribution in [1.82, 2.24) is 20.4 Å². The number of nitrogen functional groups attached to an aromatic ring is 1. The number of β-lactam (4-membered cyclic amide) rings is 1. The summed E-state index contributed by atoms with van der Waals surface area (Å²) < 4.78 is 6.21. The van der Waals surface area contributed by atoms with E-state index in [1.807, 2.05) is 0 Å². The van der Waals surface area contributed by atoms with Crippen molar-refractivity contribution in [2.75, 3.05) is 17.2 Å². The van der Waals surface area contributed by atoms with Crippen LogP contribution >= 0.6 is 58.1 Å². The van der Waals surface area contributed by atoms with E-state index >= 15 is 0 Å². The number of phenols is 2. The molecule has 22 heteroatoms. The maximum atomic E-state index is 13.5. The second-order valence-corrected chi connectivity index (χ2v) is 14.3. The number of nitrogens with one attached hydrogen (secondary N) is 1. The number of thiazole rings is 1. The van der Waals surface area contributed by atoms with Gasteiger partial charge in [0.25, 0.3) is 11.8 Å². The lowest BCUT2D eigenvalue weighted by molar-refractivity contribution is -0.584. The molecular weight excluding hydrogens is 773 g/mol. The Kier molecular flexibility index (Phi) is 10.3. The monoisotopic (exact) mass is 794 g/mol. The van der Waals surface area contributed by atoms with Gasteiger partial charge in [-0.15, -0.1) is 34.9 Å². The Morgan fingerprint density at radius 3 is 2.61 bits per heavy atom. The highest BCUT2D eigenvalue weighted by Gasteiger charge is 2.54. The number of oxime groups is 1. The maximum absolute atomic E-state index is 13.5. The lowest BCUT2D eigenvalue weighted by Crippen LogP contribution is -2.71. The number of nitrogens with two attached hydrogens (primary N) is 1. The minimum Gasteiger partial charge on any atom is -0.503 e. The number of carbonyl (C=O) groups excluding carboxylic acids is 2. The number of fused-ring (bicyclic) bond motifs is 1. The fraction of sp³-hybridized carbons (Fsp3) is 0.172. The number of nitrogens with zero attached hydrogens (tertiary/aromatic N) is 5. The normalized spacial score (nSPS) is 17.2. The highest BCUT2D eigenvalue weighted by atomic mass is 35.5. The third-order valence-electron chi connectivity index (χ3n) is 7.31. The molecule has 0 radical (unpaired) electrons. The number of aromatic nitrogens is 3. The number of carboxylic acids is 1. The minimum absolute atomic E-state index is 0.0504. The zero-order valence-electron chi connectivity index (χ0n) is 25.3. The van der Waals surface area contributed by atoms with E-state index in [0.717, 1.165) is 20.8 Å². The van der Waals surface area contributed by atoms with Crippen molar-refractivity contribution < 1.29 is 53.5 Å². The van der Waals surface area contributed by atoms with Gasteiger partial charge >= 0.3 is 12.1 Å². The van der Waals surface area contributed by atoms with E-state index < -0.39 is 46.8 Å². The lowest BCUT2D eigenvalue weighted by atomic mass is 10.0. The SMILES string of the molecule is Nc1nc(C(=NOCc2cc(-c3cc(Cl)c(O)c(O)c3Cl)no2)C(=O)N[C@@H]2C(=O)N3C(C(=O)O)=C(CSc4cc[n+](C(=O)O)cc4)CS[C@H]23)cs1. The van der Waals surface area contributed by atoms with Gasteiger partial charge in [0.05, 0.1) is 10.0 Å². The van der Waals surface area contributed by atoms with Crippen molar-refractivity contribution in [1.29, 1.82) is 0 Å². The molecule has 1 fully saturated rings. The minimum atomic E-state index is -1.30. The average Bonchev–Trinajstić information content (AvgIpc) is 3.77. The Morgan fingerprint density at radius 2 is 1.94 bits per heavy atom. The largest absolute Gasteiger partial charge is 0.599 e. The number of carbonyl (C=O) groups is 4. The predicted octanol–water partition coefficient (Wildman–Crippen LogP) is 3.36. The Bertz CT molecular complexity index is 2140. The number of aromatic hydroxyl groups is 2. The van der Waals surface area contributed by atoms with Crippen LogP contribution < -0.4 is 15.6 Å². The molecule has 0 saturated carbocycles. The van der Waals surface area contributed by atoms with Gasteiger partial charge in [-0.2, -0.15) is 4.79 Å². The Morgan fingerprint density at radius 1 is 1.20 bits per heavy atom. The number of rotatable bonds is 11. The number of aliphatic carboxylic acids is 1. The summed E-state index contributed by atoms with van der Waals surface area (Å²) in [6, 6.07) is 4.75. The molecule has 1 aromatic carbocycles. The molecule has 264 valence electrons. The summed E-state index contributed by atoms with van der Waals surface area (Å²) in [6.45, 7) is -0.344. The number of pyridine rings is 1. The van der Waals surface area contributed by atoms with Crippen LogP contribution in [0.5, 0.6) is 11.5 Å². The summed E-state index contributed by atoms with van der Waals surface area (Å²) in [5.41, 5.74) is 6.11. The number of halogens is 2. The van der Waals surface area contributed by atoms with Gasteiger partial charge < -0.3 is 40.8 Å². The molecule has 0 spiro atoms. The summed E-state index contributed by atoms with van der Waals surface area (Å²) >= 11 is 15.6. The summed E-state index contributed by atoms with van der Waals surface area (Å²) in [7, 11) is 0. The number of phenolic OH excluding ortho intramolecular Hbond substituents is 2. The summed E-state index contributed by atoms with van der Waals surface area (Å²) in [6.07, 6.45) is 1.58. The number of amides is 2. The molecule has 5 heterocycles. The maximum Gasteiger partial charge on any atom is 0.599 e. The summed E-state index contributed by atoms with van der Waals surface area (Å²) in [5.74, 6) is -3.43. The van der Waals surface area contributed by atoms with Crippen molar-refractivity contribution in [2.45, 2.75) is 22.9 Å². The number of carboxylic acid groups (broad SMARTS) is 2. The van der Waals surface area contributed by atoms with E-state index in [1.54, 1.807) is 12.1 Å². The molecule has 3 aromatic heterocycles. The molecule has 4 aromatic rings. The van der Waals surface area contributed by atoms with E-state index in [9.17, 15) is 34.5 Å². The van der Waals surface area contributed by atoms with Gasteiger partial charge in [-0.1, -0.05) is 38.1 Å². The van der Waals surface area contributed by atoms with Crippen LogP contribution in [0.4, 0.5) is 9.93 Å². The lowest BCUT2D eigenvalue weighted by Gasteiger charge is -2.49. The molecule has 0 unspecified atom stereocenters. The zero-order valence-corrected chi connectivity index (χ0v) is 29.3. The Balaban J connectivity index is 1.14. The molecule has 2 aliphatic heterocycles. The molecule has 2 amide bonds. The highest BCUT2D eigenvalue weighted by molar-refractivity contribution is 8.01. The van der Waals surface area contributed by atoms with E-state index in [1.165, 1.54) is 53.4 Å². The third-order valence-corrected chi connectivity index (χ3v) is 11.1. The number of anilines is 1. The zero-order chi connectivity index (χ0) is 36.6. The fourth-order valence-corrected chi connectivity index (χ4v) is 8.23. The first-order chi connectivity index (χ1) is 24.3. The van der Waals surface area contributed by atoms with Crippen LogP contribution in [-0.2, 0) is 25.8 Å². The second-order valence-electron chi connectivity index (χ2n) is 10.5. The molecule has 51 heavy (non-hydrogen) atoms. The van der Waals surface area contributed by atoms with Gasteiger partial charge in [0.2, 0.25) is 0 Å². The van der Waals surface area contributed by atoms with Gasteiger partial charge in [0.15, 0.2) is 47.1 Å². The number of thioether (sulfide) groups is 2. The van der Waals surface area contributed by atoms with Crippen molar-refractivity contribution in [3.05, 3.63) is 74.8 Å². The molecule has 2 atom stereocenters. The van der Waals surface area contributed by atoms with E-state index in [-0.39, 0.29) is 67.4 Å². The molecule has 1 saturated heterocycles. The van der Waals surface area contributed by atoms with Gasteiger partial charge in [-0.3, -0.25) is 14.5 Å². The first-order valence-electron chi connectivity index (χ1n) is 14.2. The topological polar surface area (TPSA) is 255 Å². The van der Waals surface area contributed by atoms with Crippen LogP contribution in [0.25, 0.3) is 11.3 Å². The molecule has 7 N–H and O–H groups in total. The molecule has 6 rings (SSSR count). The van der Waals surface area contributed by atoms with Crippen LogP contribution in [0, 0.1) is 0 Å². The van der Waals surface area contributed by atoms with Crippen LogP contribution in [0.15, 0.2) is 67.9 Å². The summed E-state index contributed by atoms with van der Waals surface area (Å²) in [5, 5.41) is 49.7. The first kappa shape index (κ1) is 35.8. The van der Waals surface area contributed by atoms with Crippen LogP contribution in [-0.4, -0.2) is 88.0 Å². The first-order valence-corrected chi connectivity index (χ1v) is 17.9. The van der Waals surface area contributed by atoms with Crippen molar-refractivity contribution in [3.63, 3.8) is 0 Å². The van der Waals surface area contributed by atoms with Crippen molar-refractivity contribution in [3.8, 4) is 22.8 Å². The quantitative estimate of drug-likeness (QED) is 0.0318. The number of hydrogen-bond donors (Lipinski definition) is 6. The van der Waals surface area contributed by atoms with E-state index in [0.29, 0.717) is 10.5 Å². The van der Waals surface area contributed by atoms with Crippen molar-refractivity contribution >= 4 is 92.8 Å². The molecule has 0 aliphatic carbocycles. The second kappa shape index (κ2) is 14.7. The van der Waals surface area contributed by atoms with Gasteiger partial charge in [0, 0.05) is 45.5 Å². The molecule has 17 nitrogen and oxygen atoms in total. The van der Waals surface area contributed by atoms with Crippen molar-refractivity contribution in [2.24, 2.45) is 5.16 Å². The number of hydrogen-bond acceptors (Lipinski definition) is 15. The standard InChI is InChI=1S/C29H21Cl2N7O10S3/c30-15-6-14(18(31)23(40)22(15)39)16-5-12(48-35-16)7-47-36-19(17-10-51-28(32)33-17)24(41)34-20-25(42)38-21(27(43)44)11(9-50-26(20)38)8-49-13-1-3-37(4-2-13)29(45)46/h1-6,10,20,26H,7-9H2,(H6-,32,33,34,35,36,39,40,41,43,44,45,46)/p+1/t20-,26-/m1/s1.